The van der Waals surface area contributed by atoms with Gasteiger partial charge in [-0.25, -0.2) is 16.8 Å². The third kappa shape index (κ3) is 3.42. The predicted octanol–water partition coefficient (Wildman–Crippen LogP) is 1.67. The monoisotopic (exact) mass is 367 g/mol. The molecule has 0 spiro atoms. The number of nitrogens with zero attached hydrogens (tertiary/aromatic N) is 2. The molecule has 2 heterocycles. The van der Waals surface area contributed by atoms with Crippen LogP contribution in [0.25, 0.3) is 0 Å². The van der Waals surface area contributed by atoms with Gasteiger partial charge in [0.25, 0.3) is 10.0 Å². The molecule has 0 bridgehead atoms. The van der Waals surface area contributed by atoms with Crippen molar-refractivity contribution in [3.63, 3.8) is 0 Å². The Morgan fingerprint density at radius 1 is 0.917 bits per heavy atom. The van der Waals surface area contributed by atoms with Gasteiger partial charge in [0.15, 0.2) is 0 Å². The lowest BCUT2D eigenvalue weighted by atomic mass is 10.4. The molecule has 9 heteroatoms. The van der Waals surface area contributed by atoms with Crippen molar-refractivity contribution < 1.29 is 16.8 Å². The summed E-state index contributed by atoms with van der Waals surface area (Å²) in [6, 6.07) is 8.43. The van der Waals surface area contributed by atoms with E-state index in [0.717, 1.165) is 12.8 Å². The van der Waals surface area contributed by atoms with Gasteiger partial charge in [-0.05, 0) is 49.2 Å². The van der Waals surface area contributed by atoms with Gasteiger partial charge in [0, 0.05) is 19.3 Å². The fourth-order valence-corrected chi connectivity index (χ4v) is 5.07. The maximum absolute atomic E-state index is 12.4. The first-order valence-electron chi connectivity index (χ1n) is 7.43. The highest BCUT2D eigenvalue weighted by molar-refractivity contribution is 7.92. The first kappa shape index (κ1) is 16.9. The molecule has 2 aromatic rings. The Morgan fingerprint density at radius 3 is 2.12 bits per heavy atom. The molecule has 0 amide bonds. The fraction of sp³-hybridized carbons (Fsp3) is 0.267. The van der Waals surface area contributed by atoms with Crippen molar-refractivity contribution in [2.24, 2.45) is 0 Å². The van der Waals surface area contributed by atoms with E-state index in [4.69, 9.17) is 0 Å². The molecule has 1 aromatic heterocycles. The average Bonchev–Trinajstić information content (AvgIpc) is 3.11. The van der Waals surface area contributed by atoms with Crippen LogP contribution in [0.1, 0.15) is 12.8 Å². The van der Waals surface area contributed by atoms with E-state index in [1.54, 1.807) is 12.1 Å². The van der Waals surface area contributed by atoms with Crippen molar-refractivity contribution in [2.75, 3.05) is 17.8 Å². The molecule has 24 heavy (non-hydrogen) atoms. The number of hydrogen-bond acceptors (Lipinski definition) is 5. The van der Waals surface area contributed by atoms with Crippen molar-refractivity contribution in [1.29, 1.82) is 0 Å². The number of benzene rings is 1. The first-order chi connectivity index (χ1) is 11.4. The lowest BCUT2D eigenvalue weighted by Gasteiger charge is -2.15. The van der Waals surface area contributed by atoms with Gasteiger partial charge >= 0.3 is 0 Å². The largest absolute Gasteiger partial charge is 0.278 e. The van der Waals surface area contributed by atoms with Gasteiger partial charge in [0.2, 0.25) is 10.0 Å². The molecular weight excluding hydrogens is 350 g/mol. The van der Waals surface area contributed by atoms with Gasteiger partial charge in [0.05, 0.1) is 21.7 Å². The number of pyridine rings is 1. The van der Waals surface area contributed by atoms with E-state index in [9.17, 15) is 16.8 Å². The number of nitrogens with one attached hydrogen (secondary N) is 1. The molecule has 1 aromatic carbocycles. The first-order valence-corrected chi connectivity index (χ1v) is 10.3. The molecule has 7 nitrogen and oxygen atoms in total. The van der Waals surface area contributed by atoms with Gasteiger partial charge in [0.1, 0.15) is 0 Å². The molecule has 1 saturated heterocycles. The highest BCUT2D eigenvalue weighted by atomic mass is 32.2. The normalized spacial score (nSPS) is 16.2. The summed E-state index contributed by atoms with van der Waals surface area (Å²) in [5.41, 5.74) is 0.339. The number of sulfonamides is 2. The maximum Gasteiger partial charge on any atom is 0.261 e. The minimum absolute atomic E-state index is 0.00766. The summed E-state index contributed by atoms with van der Waals surface area (Å²) in [5.74, 6) is 0. The Hall–Kier alpha value is -1.97. The molecule has 128 valence electrons. The summed E-state index contributed by atoms with van der Waals surface area (Å²) in [6.45, 7) is 1.01. The van der Waals surface area contributed by atoms with Crippen molar-refractivity contribution in [2.45, 2.75) is 22.6 Å². The Morgan fingerprint density at radius 2 is 1.54 bits per heavy atom. The molecule has 0 radical (unpaired) electrons. The lowest BCUT2D eigenvalue weighted by Crippen LogP contribution is -2.27. The van der Waals surface area contributed by atoms with Crippen LogP contribution >= 0.6 is 0 Å². The van der Waals surface area contributed by atoms with Crippen LogP contribution in [-0.4, -0.2) is 39.2 Å². The smallest absolute Gasteiger partial charge is 0.261 e. The van der Waals surface area contributed by atoms with Crippen LogP contribution in [0.4, 0.5) is 5.69 Å². The summed E-state index contributed by atoms with van der Waals surface area (Å²) >= 11 is 0. The quantitative estimate of drug-likeness (QED) is 0.867. The number of aromatic nitrogens is 1. The summed E-state index contributed by atoms with van der Waals surface area (Å²) in [6.07, 6.45) is 4.63. The van der Waals surface area contributed by atoms with Crippen molar-refractivity contribution >= 4 is 25.7 Å². The second-order valence-electron chi connectivity index (χ2n) is 5.43. The Kier molecular flexibility index (Phi) is 4.57. The van der Waals surface area contributed by atoms with Crippen molar-refractivity contribution in [1.82, 2.24) is 9.29 Å². The Labute approximate surface area is 141 Å². The van der Waals surface area contributed by atoms with Crippen LogP contribution in [0.2, 0.25) is 0 Å². The molecular formula is C15H17N3O4S2. The van der Waals surface area contributed by atoms with Crippen LogP contribution in [-0.2, 0) is 20.0 Å². The molecule has 1 aliphatic heterocycles. The maximum atomic E-state index is 12.4. The summed E-state index contributed by atoms with van der Waals surface area (Å²) in [4.78, 5) is 3.94. The van der Waals surface area contributed by atoms with Gasteiger partial charge in [-0.1, -0.05) is 0 Å². The predicted molar refractivity (Wildman–Crippen MR) is 89.5 cm³/mol. The minimum Gasteiger partial charge on any atom is -0.278 e. The molecule has 1 fully saturated rings. The molecule has 1 aliphatic rings. The molecule has 1 N–H and O–H groups in total. The second-order valence-corrected chi connectivity index (χ2v) is 9.05. The molecule has 0 unspecified atom stereocenters. The van der Waals surface area contributed by atoms with E-state index in [0.29, 0.717) is 18.8 Å². The molecule has 3 rings (SSSR count). The third-order valence-electron chi connectivity index (χ3n) is 3.75. The minimum atomic E-state index is -3.79. The molecule has 0 atom stereocenters. The van der Waals surface area contributed by atoms with E-state index in [-0.39, 0.29) is 9.79 Å². The number of rotatable bonds is 5. The van der Waals surface area contributed by atoms with E-state index in [1.807, 2.05) is 0 Å². The van der Waals surface area contributed by atoms with Gasteiger partial charge in [-0.2, -0.15) is 4.31 Å². The van der Waals surface area contributed by atoms with Gasteiger partial charge in [-0.3, -0.25) is 9.71 Å². The Bertz CT molecular complexity index is 905. The molecule has 0 saturated carbocycles. The van der Waals surface area contributed by atoms with Crippen LogP contribution < -0.4 is 4.72 Å². The average molecular weight is 367 g/mol. The van der Waals surface area contributed by atoms with Crippen molar-refractivity contribution in [3.05, 3.63) is 48.8 Å². The third-order valence-corrected chi connectivity index (χ3v) is 7.06. The summed E-state index contributed by atoms with van der Waals surface area (Å²) in [7, 11) is -7.34. The second kappa shape index (κ2) is 6.50. The fourth-order valence-electron chi connectivity index (χ4n) is 2.51. The zero-order valence-corrected chi connectivity index (χ0v) is 14.4. The van der Waals surface area contributed by atoms with Gasteiger partial charge in [-0.15, -0.1) is 0 Å². The standard InChI is InChI=1S/C15H17N3O4S2/c19-23(20,17-13-4-3-9-16-12-13)14-5-7-15(8-6-14)24(21,22)18-10-1-2-11-18/h3-9,12,17H,1-2,10-11H2. The van der Waals surface area contributed by atoms with E-state index < -0.39 is 20.0 Å². The van der Waals surface area contributed by atoms with Crippen molar-refractivity contribution in [3.8, 4) is 0 Å². The lowest BCUT2D eigenvalue weighted by molar-refractivity contribution is 0.477. The molecule has 0 aliphatic carbocycles. The summed E-state index contributed by atoms with van der Waals surface area (Å²) in [5, 5.41) is 0. The number of hydrogen-bond donors (Lipinski definition) is 1. The topological polar surface area (TPSA) is 96.4 Å². The Balaban J connectivity index is 1.84. The zero-order chi connectivity index (χ0) is 17.2. The zero-order valence-electron chi connectivity index (χ0n) is 12.8. The highest BCUT2D eigenvalue weighted by Gasteiger charge is 2.27. The van der Waals surface area contributed by atoms with Crippen LogP contribution in [0.15, 0.2) is 58.6 Å². The highest BCUT2D eigenvalue weighted by Crippen LogP contribution is 2.23. The van der Waals surface area contributed by atoms with Gasteiger partial charge < -0.3 is 0 Å². The number of anilines is 1. The van der Waals surface area contributed by atoms with Crippen LogP contribution in [0, 0.1) is 0 Å². The van der Waals surface area contributed by atoms with E-state index >= 15 is 0 Å². The summed E-state index contributed by atoms with van der Waals surface area (Å²) < 4.78 is 53.3. The van der Waals surface area contributed by atoms with Crippen LogP contribution in [0.3, 0.4) is 0 Å². The SMILES string of the molecule is O=S(=O)(Nc1cccnc1)c1ccc(S(=O)(=O)N2CCCC2)cc1. The van der Waals surface area contributed by atoms with E-state index in [2.05, 4.69) is 9.71 Å². The van der Waals surface area contributed by atoms with Crippen LogP contribution in [0.5, 0.6) is 0 Å². The van der Waals surface area contributed by atoms with E-state index in [1.165, 1.54) is 41.0 Å².